The Morgan fingerprint density at radius 2 is 1.84 bits per heavy atom. The number of carbonyl (C=O) groups is 1. The van der Waals surface area contributed by atoms with E-state index in [4.69, 9.17) is 14.5 Å². The molecule has 0 aliphatic carbocycles. The zero-order chi connectivity index (χ0) is 21.6. The molecule has 4 rings (SSSR count). The van der Waals surface area contributed by atoms with Crippen molar-refractivity contribution in [2.45, 2.75) is 13.5 Å². The average Bonchev–Trinajstić information content (AvgIpc) is 3.28. The highest BCUT2D eigenvalue weighted by Gasteiger charge is 2.22. The molecule has 3 aromatic rings. The molecule has 0 atom stereocenters. The standard InChI is InChI=1S/C24H27N3O3S/c1-3-30-21-10-9-19(15-22(21)29-2)23-25-20(17-31-23)16-26-11-13-27(14-12-26)24(28)18-7-5-4-6-8-18/h4-10,15,17H,3,11-14,16H2,1-2H3. The van der Waals surface area contributed by atoms with Crippen molar-refractivity contribution in [3.8, 4) is 22.1 Å². The molecule has 0 spiro atoms. The Morgan fingerprint density at radius 3 is 2.55 bits per heavy atom. The van der Waals surface area contributed by atoms with Crippen molar-refractivity contribution in [1.29, 1.82) is 0 Å². The molecule has 0 N–H and O–H groups in total. The van der Waals surface area contributed by atoms with Crippen LogP contribution in [0, 0.1) is 0 Å². The summed E-state index contributed by atoms with van der Waals surface area (Å²) in [5, 5.41) is 3.08. The number of hydrogen-bond donors (Lipinski definition) is 0. The molecule has 0 radical (unpaired) electrons. The first-order valence-corrected chi connectivity index (χ1v) is 11.4. The second kappa shape index (κ2) is 9.94. The first-order valence-electron chi connectivity index (χ1n) is 10.5. The molecule has 2 aromatic carbocycles. The van der Waals surface area contributed by atoms with Gasteiger partial charge in [0.2, 0.25) is 0 Å². The fourth-order valence-corrected chi connectivity index (χ4v) is 4.50. The van der Waals surface area contributed by atoms with Gasteiger partial charge >= 0.3 is 0 Å². The van der Waals surface area contributed by atoms with Crippen LogP contribution in [0.15, 0.2) is 53.9 Å². The zero-order valence-electron chi connectivity index (χ0n) is 17.9. The van der Waals surface area contributed by atoms with Crippen molar-refractivity contribution in [1.82, 2.24) is 14.8 Å². The molecule has 2 heterocycles. The van der Waals surface area contributed by atoms with E-state index in [-0.39, 0.29) is 5.91 Å². The fraction of sp³-hybridized carbons (Fsp3) is 0.333. The van der Waals surface area contributed by atoms with E-state index in [1.165, 1.54) is 0 Å². The normalized spacial score (nSPS) is 14.5. The van der Waals surface area contributed by atoms with Crippen LogP contribution in [0.1, 0.15) is 23.0 Å². The van der Waals surface area contributed by atoms with E-state index in [1.807, 2.05) is 60.4 Å². The van der Waals surface area contributed by atoms with Gasteiger partial charge in [-0.15, -0.1) is 11.3 Å². The number of ether oxygens (including phenoxy) is 2. The Kier molecular flexibility index (Phi) is 6.84. The van der Waals surface area contributed by atoms with Crippen LogP contribution in [0.5, 0.6) is 11.5 Å². The van der Waals surface area contributed by atoms with E-state index >= 15 is 0 Å². The minimum Gasteiger partial charge on any atom is -0.493 e. The van der Waals surface area contributed by atoms with Gasteiger partial charge in [0, 0.05) is 49.2 Å². The van der Waals surface area contributed by atoms with E-state index in [0.717, 1.165) is 66.1 Å². The SMILES string of the molecule is CCOc1ccc(-c2nc(CN3CCN(C(=O)c4ccccc4)CC3)cs2)cc1OC. The molecular formula is C24H27N3O3S. The van der Waals surface area contributed by atoms with E-state index in [2.05, 4.69) is 10.3 Å². The number of thiazole rings is 1. The summed E-state index contributed by atoms with van der Waals surface area (Å²) in [5.74, 6) is 1.57. The maximum atomic E-state index is 12.6. The van der Waals surface area contributed by atoms with Gasteiger partial charge in [0.05, 0.1) is 19.4 Å². The number of hydrogen-bond acceptors (Lipinski definition) is 6. The maximum Gasteiger partial charge on any atom is 0.253 e. The Bertz CT molecular complexity index is 1010. The molecule has 31 heavy (non-hydrogen) atoms. The average molecular weight is 438 g/mol. The summed E-state index contributed by atoms with van der Waals surface area (Å²) in [6.07, 6.45) is 0. The molecule has 7 heteroatoms. The number of carbonyl (C=O) groups excluding carboxylic acids is 1. The van der Waals surface area contributed by atoms with Crippen LogP contribution in [0.2, 0.25) is 0 Å². The molecule has 0 unspecified atom stereocenters. The van der Waals surface area contributed by atoms with Gasteiger partial charge in [-0.3, -0.25) is 9.69 Å². The number of nitrogens with zero attached hydrogens (tertiary/aromatic N) is 3. The third-order valence-electron chi connectivity index (χ3n) is 5.33. The van der Waals surface area contributed by atoms with Gasteiger partial charge in [0.25, 0.3) is 5.91 Å². The predicted octanol–water partition coefficient (Wildman–Crippen LogP) is 4.18. The highest BCUT2D eigenvalue weighted by Crippen LogP contribution is 2.34. The second-order valence-corrected chi connectivity index (χ2v) is 8.24. The van der Waals surface area contributed by atoms with Crippen LogP contribution in [0.25, 0.3) is 10.6 Å². The van der Waals surface area contributed by atoms with Crippen LogP contribution in [-0.4, -0.2) is 60.6 Å². The van der Waals surface area contributed by atoms with E-state index in [9.17, 15) is 4.79 Å². The van der Waals surface area contributed by atoms with Crippen molar-refractivity contribution in [3.05, 3.63) is 65.2 Å². The quantitative estimate of drug-likeness (QED) is 0.555. The first-order chi connectivity index (χ1) is 15.2. The van der Waals surface area contributed by atoms with Crippen LogP contribution in [0.3, 0.4) is 0 Å². The summed E-state index contributed by atoms with van der Waals surface area (Å²) in [6.45, 7) is 6.52. The van der Waals surface area contributed by atoms with Crippen molar-refractivity contribution in [3.63, 3.8) is 0 Å². The summed E-state index contributed by atoms with van der Waals surface area (Å²) in [7, 11) is 1.65. The van der Waals surface area contributed by atoms with Gasteiger partial charge in [-0.1, -0.05) is 18.2 Å². The fourth-order valence-electron chi connectivity index (χ4n) is 3.69. The lowest BCUT2D eigenvalue weighted by molar-refractivity contribution is 0.0627. The second-order valence-electron chi connectivity index (χ2n) is 7.38. The highest BCUT2D eigenvalue weighted by atomic mass is 32.1. The largest absolute Gasteiger partial charge is 0.493 e. The van der Waals surface area contributed by atoms with Crippen LogP contribution >= 0.6 is 11.3 Å². The topological polar surface area (TPSA) is 54.9 Å². The summed E-state index contributed by atoms with van der Waals surface area (Å²) < 4.78 is 11.1. The summed E-state index contributed by atoms with van der Waals surface area (Å²) in [5.41, 5.74) is 2.83. The maximum absolute atomic E-state index is 12.6. The minimum absolute atomic E-state index is 0.112. The van der Waals surface area contributed by atoms with Crippen molar-refractivity contribution in [2.24, 2.45) is 0 Å². The van der Waals surface area contributed by atoms with E-state index in [1.54, 1.807) is 18.4 Å². The smallest absolute Gasteiger partial charge is 0.253 e. The summed E-state index contributed by atoms with van der Waals surface area (Å²) in [4.78, 5) is 21.7. The highest BCUT2D eigenvalue weighted by molar-refractivity contribution is 7.13. The van der Waals surface area contributed by atoms with Crippen molar-refractivity contribution >= 4 is 17.2 Å². The molecule has 0 saturated carbocycles. The molecule has 1 aliphatic heterocycles. The van der Waals surface area contributed by atoms with Crippen LogP contribution < -0.4 is 9.47 Å². The Balaban J connectivity index is 1.35. The van der Waals surface area contributed by atoms with Crippen LogP contribution in [-0.2, 0) is 6.54 Å². The molecule has 1 amide bonds. The molecule has 0 bridgehead atoms. The molecule has 1 fully saturated rings. The van der Waals surface area contributed by atoms with Crippen molar-refractivity contribution in [2.75, 3.05) is 39.9 Å². The zero-order valence-corrected chi connectivity index (χ0v) is 18.7. The van der Waals surface area contributed by atoms with Gasteiger partial charge in [-0.05, 0) is 37.3 Å². The molecule has 162 valence electrons. The van der Waals surface area contributed by atoms with Gasteiger partial charge < -0.3 is 14.4 Å². The molecular weight excluding hydrogens is 410 g/mol. The lowest BCUT2D eigenvalue weighted by atomic mass is 10.2. The molecule has 1 saturated heterocycles. The number of amides is 1. The lowest BCUT2D eigenvalue weighted by Gasteiger charge is -2.34. The third-order valence-corrected chi connectivity index (χ3v) is 6.27. The van der Waals surface area contributed by atoms with Gasteiger partial charge in [0.15, 0.2) is 11.5 Å². The number of rotatable bonds is 7. The lowest BCUT2D eigenvalue weighted by Crippen LogP contribution is -2.48. The minimum atomic E-state index is 0.112. The summed E-state index contributed by atoms with van der Waals surface area (Å²) >= 11 is 1.63. The molecule has 6 nitrogen and oxygen atoms in total. The van der Waals surface area contributed by atoms with Crippen molar-refractivity contribution < 1.29 is 14.3 Å². The number of aromatic nitrogens is 1. The van der Waals surface area contributed by atoms with E-state index in [0.29, 0.717) is 6.61 Å². The predicted molar refractivity (Wildman–Crippen MR) is 123 cm³/mol. The number of benzene rings is 2. The molecule has 1 aromatic heterocycles. The first kappa shape index (κ1) is 21.3. The summed E-state index contributed by atoms with van der Waals surface area (Å²) in [6, 6.07) is 15.4. The van der Waals surface area contributed by atoms with Gasteiger partial charge in [-0.25, -0.2) is 4.98 Å². The van der Waals surface area contributed by atoms with Crippen LogP contribution in [0.4, 0.5) is 0 Å². The van der Waals surface area contributed by atoms with Gasteiger partial charge in [-0.2, -0.15) is 0 Å². The number of methoxy groups -OCH3 is 1. The Labute approximate surface area is 187 Å². The monoisotopic (exact) mass is 437 g/mol. The molecule has 1 aliphatic rings. The van der Waals surface area contributed by atoms with E-state index < -0.39 is 0 Å². The van der Waals surface area contributed by atoms with Gasteiger partial charge in [0.1, 0.15) is 5.01 Å². The third kappa shape index (κ3) is 5.06. The Hall–Kier alpha value is -2.90. The Morgan fingerprint density at radius 1 is 1.06 bits per heavy atom. The number of piperazine rings is 1.